The molecule has 0 atom stereocenters. The lowest BCUT2D eigenvalue weighted by atomic mass is 10.3. The van der Waals surface area contributed by atoms with Crippen LogP contribution in [0.4, 0.5) is 23.5 Å². The minimum absolute atomic E-state index is 0.00602. The first kappa shape index (κ1) is 26.6. The van der Waals surface area contributed by atoms with Gasteiger partial charge < -0.3 is 25.7 Å². The van der Waals surface area contributed by atoms with Gasteiger partial charge in [0.05, 0.1) is 11.2 Å². The van der Waals surface area contributed by atoms with Crippen molar-refractivity contribution in [2.75, 3.05) is 48.0 Å². The zero-order valence-corrected chi connectivity index (χ0v) is 19.2. The lowest BCUT2D eigenvalue weighted by Gasteiger charge is -2.19. The Hall–Kier alpha value is -3.61. The van der Waals surface area contributed by atoms with E-state index in [0.717, 1.165) is 23.3 Å². The first-order valence-electron chi connectivity index (χ1n) is 9.20. The fourth-order valence-electron chi connectivity index (χ4n) is 2.44. The van der Waals surface area contributed by atoms with Gasteiger partial charge in [-0.15, -0.1) is 0 Å². The first-order chi connectivity index (χ1) is 15.7. The van der Waals surface area contributed by atoms with Crippen LogP contribution in [-0.2, 0) is 29.7 Å². The molecular weight excluding hydrogens is 498 g/mol. The molecule has 0 saturated carbocycles. The standard InChI is InChI=1S/C16H21N7O9S2/c1-33(28,29)18-6-5-17-14-20-15(19-10-3-2-4-11(7-10)34(30,31)32)22-16(21-14)23(8-12(24)25)9-13(26)27/h2-4,7,18H,5-6,8-9H2,1H3,(H,24,25)(H,26,27)(H,30,31,32)(H2,17,19,20,21,22). The van der Waals surface area contributed by atoms with Gasteiger partial charge in [0, 0.05) is 18.8 Å². The molecule has 0 aliphatic heterocycles. The lowest BCUT2D eigenvalue weighted by Crippen LogP contribution is -2.36. The molecular formula is C16H21N7O9S2. The van der Waals surface area contributed by atoms with E-state index in [9.17, 15) is 31.0 Å². The monoisotopic (exact) mass is 519 g/mol. The van der Waals surface area contributed by atoms with Gasteiger partial charge in [-0.25, -0.2) is 13.1 Å². The van der Waals surface area contributed by atoms with E-state index in [2.05, 4.69) is 30.3 Å². The van der Waals surface area contributed by atoms with E-state index in [1.54, 1.807) is 0 Å². The number of sulfonamides is 1. The van der Waals surface area contributed by atoms with E-state index in [1.807, 2.05) is 0 Å². The second kappa shape index (κ2) is 11.0. The van der Waals surface area contributed by atoms with Crippen LogP contribution in [0.5, 0.6) is 0 Å². The van der Waals surface area contributed by atoms with Crippen molar-refractivity contribution in [3.63, 3.8) is 0 Å². The number of carbonyl (C=O) groups is 2. The summed E-state index contributed by atoms with van der Waals surface area (Å²) in [5.74, 6) is -3.44. The molecule has 1 aromatic carbocycles. The molecule has 34 heavy (non-hydrogen) atoms. The fraction of sp³-hybridized carbons (Fsp3) is 0.312. The van der Waals surface area contributed by atoms with Crippen LogP contribution in [0.2, 0.25) is 0 Å². The molecule has 2 aromatic rings. The Morgan fingerprint density at radius 2 is 1.59 bits per heavy atom. The largest absolute Gasteiger partial charge is 0.480 e. The van der Waals surface area contributed by atoms with E-state index in [4.69, 9.17) is 10.2 Å². The summed E-state index contributed by atoms with van der Waals surface area (Å²) in [7, 11) is -7.96. The zero-order chi connectivity index (χ0) is 25.5. The van der Waals surface area contributed by atoms with Crippen molar-refractivity contribution in [2.45, 2.75) is 4.90 Å². The summed E-state index contributed by atoms with van der Waals surface area (Å²) in [6.45, 7) is -1.56. The predicted molar refractivity (Wildman–Crippen MR) is 118 cm³/mol. The van der Waals surface area contributed by atoms with E-state index in [1.165, 1.54) is 12.1 Å². The first-order valence-corrected chi connectivity index (χ1v) is 12.5. The summed E-state index contributed by atoms with van der Waals surface area (Å²) in [6.07, 6.45) is 0.965. The molecule has 0 radical (unpaired) electrons. The van der Waals surface area contributed by atoms with Crippen LogP contribution >= 0.6 is 0 Å². The van der Waals surface area contributed by atoms with Gasteiger partial charge in [-0.05, 0) is 18.2 Å². The van der Waals surface area contributed by atoms with Crippen LogP contribution in [0.3, 0.4) is 0 Å². The van der Waals surface area contributed by atoms with Crippen LogP contribution in [-0.4, -0.2) is 90.9 Å². The highest BCUT2D eigenvalue weighted by molar-refractivity contribution is 7.88. The molecule has 0 unspecified atom stereocenters. The van der Waals surface area contributed by atoms with Crippen molar-refractivity contribution in [3.05, 3.63) is 24.3 Å². The summed E-state index contributed by atoms with van der Waals surface area (Å²) >= 11 is 0. The molecule has 0 saturated heterocycles. The molecule has 2 rings (SSSR count). The second-order valence-corrected chi connectivity index (χ2v) is 9.90. The van der Waals surface area contributed by atoms with Crippen molar-refractivity contribution < 1.29 is 41.2 Å². The highest BCUT2D eigenvalue weighted by Gasteiger charge is 2.20. The average molecular weight is 520 g/mol. The number of nitrogens with one attached hydrogen (secondary N) is 3. The summed E-state index contributed by atoms with van der Waals surface area (Å²) < 4.78 is 56.5. The van der Waals surface area contributed by atoms with E-state index >= 15 is 0 Å². The number of rotatable bonds is 13. The average Bonchev–Trinajstić information content (AvgIpc) is 2.69. The smallest absolute Gasteiger partial charge is 0.323 e. The zero-order valence-electron chi connectivity index (χ0n) is 17.5. The Morgan fingerprint density at radius 3 is 2.15 bits per heavy atom. The minimum atomic E-state index is -4.50. The maximum atomic E-state index is 11.4. The Morgan fingerprint density at radius 1 is 0.971 bits per heavy atom. The van der Waals surface area contributed by atoms with E-state index in [0.29, 0.717) is 0 Å². The summed E-state index contributed by atoms with van der Waals surface area (Å²) in [5, 5.41) is 23.6. The van der Waals surface area contributed by atoms with Crippen LogP contribution in [0, 0.1) is 0 Å². The maximum absolute atomic E-state index is 11.4. The molecule has 1 aromatic heterocycles. The normalized spacial score (nSPS) is 11.6. The van der Waals surface area contributed by atoms with Crippen molar-refractivity contribution in [3.8, 4) is 0 Å². The van der Waals surface area contributed by atoms with Gasteiger partial charge in [-0.3, -0.25) is 14.1 Å². The van der Waals surface area contributed by atoms with Gasteiger partial charge in [0.2, 0.25) is 27.9 Å². The number of hydrogen-bond donors (Lipinski definition) is 6. The van der Waals surface area contributed by atoms with Crippen molar-refractivity contribution in [1.82, 2.24) is 19.7 Å². The van der Waals surface area contributed by atoms with Gasteiger partial charge in [0.15, 0.2) is 0 Å². The molecule has 0 spiro atoms. The van der Waals surface area contributed by atoms with Gasteiger partial charge in [0.25, 0.3) is 10.1 Å². The van der Waals surface area contributed by atoms with Gasteiger partial charge in [-0.1, -0.05) is 6.07 Å². The molecule has 0 bridgehead atoms. The molecule has 0 aliphatic rings. The quantitative estimate of drug-likeness (QED) is 0.134. The Labute approximate surface area is 193 Å². The number of carboxylic acids is 2. The third kappa shape index (κ3) is 9.10. The van der Waals surface area contributed by atoms with E-state index < -0.39 is 50.1 Å². The molecule has 186 valence electrons. The van der Waals surface area contributed by atoms with Crippen molar-refractivity contribution in [2.24, 2.45) is 0 Å². The predicted octanol–water partition coefficient (Wildman–Crippen LogP) is -1.20. The van der Waals surface area contributed by atoms with Gasteiger partial charge in [-0.2, -0.15) is 23.4 Å². The maximum Gasteiger partial charge on any atom is 0.323 e. The number of nitrogens with zero attached hydrogens (tertiary/aromatic N) is 4. The summed E-state index contributed by atoms with van der Waals surface area (Å²) in [6, 6.07) is 4.97. The summed E-state index contributed by atoms with van der Waals surface area (Å²) in [4.78, 5) is 34.8. The van der Waals surface area contributed by atoms with Crippen LogP contribution in [0.25, 0.3) is 0 Å². The number of aromatic nitrogens is 3. The third-order valence-corrected chi connectivity index (χ3v) is 5.30. The lowest BCUT2D eigenvalue weighted by molar-refractivity contribution is -0.136. The van der Waals surface area contributed by atoms with Crippen LogP contribution in [0.1, 0.15) is 0 Å². The topological polar surface area (TPSA) is 241 Å². The molecule has 0 aliphatic carbocycles. The highest BCUT2D eigenvalue weighted by atomic mass is 32.2. The second-order valence-electron chi connectivity index (χ2n) is 6.65. The number of anilines is 4. The Kier molecular flexibility index (Phi) is 8.62. The Balaban J connectivity index is 2.40. The van der Waals surface area contributed by atoms with E-state index in [-0.39, 0.29) is 36.6 Å². The number of hydrogen-bond acceptors (Lipinski definition) is 12. The molecule has 18 heteroatoms. The fourth-order valence-corrected chi connectivity index (χ4v) is 3.44. The van der Waals surface area contributed by atoms with Gasteiger partial charge in [0.1, 0.15) is 13.1 Å². The van der Waals surface area contributed by atoms with Gasteiger partial charge >= 0.3 is 11.9 Å². The molecule has 16 nitrogen and oxygen atoms in total. The van der Waals surface area contributed by atoms with Crippen LogP contribution in [0.15, 0.2) is 29.2 Å². The Bertz CT molecular complexity index is 1250. The van der Waals surface area contributed by atoms with Crippen molar-refractivity contribution >= 4 is 55.6 Å². The molecule has 6 N–H and O–H groups in total. The van der Waals surface area contributed by atoms with Crippen molar-refractivity contribution in [1.29, 1.82) is 0 Å². The number of benzene rings is 1. The van der Waals surface area contributed by atoms with Crippen LogP contribution < -0.4 is 20.3 Å². The molecule has 0 fully saturated rings. The third-order valence-electron chi connectivity index (χ3n) is 3.72. The molecule has 0 amide bonds. The number of carboxylic acid groups (broad SMARTS) is 2. The highest BCUT2D eigenvalue weighted by Crippen LogP contribution is 2.20. The minimum Gasteiger partial charge on any atom is -0.480 e. The summed E-state index contributed by atoms with van der Waals surface area (Å²) in [5.41, 5.74) is 0.125. The molecule has 1 heterocycles. The SMILES string of the molecule is CS(=O)(=O)NCCNc1nc(Nc2cccc(S(=O)(=O)O)c2)nc(N(CC(=O)O)CC(=O)O)n1. The number of aliphatic carboxylic acids is 2.